The topological polar surface area (TPSA) is 161 Å². The molecule has 0 bridgehead atoms. The van der Waals surface area contributed by atoms with Gasteiger partial charge in [-0.1, -0.05) is 73.9 Å². The largest absolute Gasteiger partial charge is 0.491 e. The van der Waals surface area contributed by atoms with Crippen LogP contribution in [0.1, 0.15) is 94.2 Å². The molecule has 3 N–H and O–H groups in total. The third-order valence-electron chi connectivity index (χ3n) is 14.4. The molecule has 1 aliphatic heterocycles. The lowest BCUT2D eigenvalue weighted by molar-refractivity contribution is -0.139. The first kappa shape index (κ1) is 50.0. The van der Waals surface area contributed by atoms with Gasteiger partial charge in [-0.3, -0.25) is 9.59 Å². The molecule has 3 aliphatic rings. The normalized spacial score (nSPS) is 19.4. The maximum absolute atomic E-state index is 14.4. The van der Waals surface area contributed by atoms with Crippen LogP contribution in [-0.4, -0.2) is 120 Å². The Morgan fingerprint density at radius 3 is 2.38 bits per heavy atom. The van der Waals surface area contributed by atoms with Crippen LogP contribution in [0.2, 0.25) is 0 Å². The minimum atomic E-state index is -0.520. The van der Waals surface area contributed by atoms with Crippen LogP contribution in [0.25, 0.3) is 33.3 Å². The lowest BCUT2D eigenvalue weighted by atomic mass is 9.83. The molecule has 0 spiro atoms. The van der Waals surface area contributed by atoms with Crippen molar-refractivity contribution in [3.63, 3.8) is 0 Å². The zero-order valence-corrected chi connectivity index (χ0v) is 42.5. The second kappa shape index (κ2) is 24.0. The molecule has 0 unspecified atom stereocenters. The molecule has 3 fully saturated rings. The van der Waals surface area contributed by atoms with Crippen molar-refractivity contribution in [2.24, 2.45) is 5.92 Å². The highest BCUT2D eigenvalue weighted by atomic mass is 32.1. The van der Waals surface area contributed by atoms with E-state index in [1.54, 1.807) is 18.4 Å². The predicted molar refractivity (Wildman–Crippen MR) is 281 cm³/mol. The number of anilines is 2. The zero-order chi connectivity index (χ0) is 49.1. The standard InChI is InChI=1S/C55H70N10O5S/c1-37(56-2)51(66)62-50(39-16-9-6-10-17-39)54(67)64-29-13-20-48(64)52-60-47(36-71-52)43-25-26-49(44-19-12-11-18-42(43)44)70-33-31-68-30-32-69-41-23-21-40(22-24-41)59-55-57-28-27-46(61-55)45-34-58-65(53(45)63(3)4)35-38-14-7-5-8-15-38/h5,7-8,11-12,14-15,18-19,25-28,34,36-37,39-41,48,50,56H,6,9-10,13,16-17,20-24,29-33,35H2,1-4H3,(H,62,66)(H,57,59,61)/t37-,40?,41?,48-,50-/m0/s1. The van der Waals surface area contributed by atoms with Crippen LogP contribution in [0, 0.1) is 5.92 Å². The molecule has 0 radical (unpaired) electrons. The van der Waals surface area contributed by atoms with E-state index in [-0.39, 0.29) is 42.0 Å². The molecule has 4 heterocycles. The molecular weight excluding hydrogens is 913 g/mol. The van der Waals surface area contributed by atoms with Crippen molar-refractivity contribution in [2.45, 2.75) is 114 Å². The minimum absolute atomic E-state index is 0.0252. The molecule has 15 nitrogen and oxygen atoms in total. The van der Waals surface area contributed by atoms with Gasteiger partial charge in [-0.25, -0.2) is 19.6 Å². The van der Waals surface area contributed by atoms with Crippen LogP contribution in [0.4, 0.5) is 11.8 Å². The van der Waals surface area contributed by atoms with Crippen molar-refractivity contribution < 1.29 is 23.8 Å². The maximum atomic E-state index is 14.4. The van der Waals surface area contributed by atoms with E-state index in [9.17, 15) is 9.59 Å². The average Bonchev–Trinajstić information content (AvgIpc) is 4.20. The molecule has 9 rings (SSSR count). The number of hydrogen-bond donors (Lipinski definition) is 3. The first-order valence-corrected chi connectivity index (χ1v) is 26.6. The summed E-state index contributed by atoms with van der Waals surface area (Å²) in [6.45, 7) is 5.08. The van der Waals surface area contributed by atoms with E-state index >= 15 is 0 Å². The Hall–Kier alpha value is -5.94. The summed E-state index contributed by atoms with van der Waals surface area (Å²) in [6.07, 6.45) is 14.8. The number of carbonyl (C=O) groups is 2. The number of likely N-dealkylation sites (tertiary alicyclic amines) is 1. The van der Waals surface area contributed by atoms with Crippen molar-refractivity contribution in [1.29, 1.82) is 0 Å². The van der Waals surface area contributed by atoms with Gasteiger partial charge in [0.2, 0.25) is 17.8 Å². The second-order valence-electron chi connectivity index (χ2n) is 19.4. The minimum Gasteiger partial charge on any atom is -0.491 e. The summed E-state index contributed by atoms with van der Waals surface area (Å²) in [7, 11) is 5.84. The highest BCUT2D eigenvalue weighted by Crippen LogP contribution is 2.40. The molecular formula is C55H70N10O5S. The van der Waals surface area contributed by atoms with Gasteiger partial charge in [-0.15, -0.1) is 11.3 Å². The van der Waals surface area contributed by atoms with Crippen LogP contribution in [0.5, 0.6) is 5.75 Å². The number of fused-ring (bicyclic) bond motifs is 1. The van der Waals surface area contributed by atoms with Crippen LogP contribution in [-0.2, 0) is 25.6 Å². The number of aromatic nitrogens is 5. The number of carbonyl (C=O) groups excluding carboxylic acids is 2. The molecule has 2 saturated carbocycles. The number of hydrogen-bond acceptors (Lipinski definition) is 13. The Bertz CT molecular complexity index is 2680. The maximum Gasteiger partial charge on any atom is 0.246 e. The fourth-order valence-corrected chi connectivity index (χ4v) is 11.5. The number of rotatable bonds is 21. The molecule has 1 saturated heterocycles. The molecule has 2 aliphatic carbocycles. The van der Waals surface area contributed by atoms with E-state index in [0.29, 0.717) is 45.5 Å². The molecule has 376 valence electrons. The van der Waals surface area contributed by atoms with E-state index in [0.717, 1.165) is 114 Å². The molecule has 3 atom stereocenters. The van der Waals surface area contributed by atoms with Crippen LogP contribution in [0.15, 0.2) is 90.6 Å². The van der Waals surface area contributed by atoms with E-state index in [4.69, 9.17) is 29.3 Å². The third-order valence-corrected chi connectivity index (χ3v) is 15.4. The Morgan fingerprint density at radius 1 is 0.817 bits per heavy atom. The van der Waals surface area contributed by atoms with E-state index < -0.39 is 6.04 Å². The summed E-state index contributed by atoms with van der Waals surface area (Å²) in [5.41, 5.74) is 4.92. The number of benzene rings is 3. The van der Waals surface area contributed by atoms with Gasteiger partial charge in [0.05, 0.1) is 67.7 Å². The van der Waals surface area contributed by atoms with Crippen LogP contribution < -0.4 is 25.6 Å². The lowest BCUT2D eigenvalue weighted by Gasteiger charge is -2.35. The van der Waals surface area contributed by atoms with Gasteiger partial charge in [0.1, 0.15) is 29.2 Å². The molecule has 3 aromatic carbocycles. The molecule has 2 amide bonds. The van der Waals surface area contributed by atoms with E-state index in [1.807, 2.05) is 73.3 Å². The fraction of sp³-hybridized carbons (Fsp3) is 0.491. The number of amides is 2. The molecule has 3 aromatic heterocycles. The van der Waals surface area contributed by atoms with Crippen molar-refractivity contribution >= 4 is 45.7 Å². The van der Waals surface area contributed by atoms with Gasteiger partial charge in [0.25, 0.3) is 0 Å². The number of thiazole rings is 1. The number of nitrogens with zero attached hydrogens (tertiary/aromatic N) is 7. The first-order valence-electron chi connectivity index (χ1n) is 25.7. The molecule has 6 aromatic rings. The second-order valence-corrected chi connectivity index (χ2v) is 20.3. The molecule has 16 heteroatoms. The quantitative estimate of drug-likeness (QED) is 0.0589. The lowest BCUT2D eigenvalue weighted by Crippen LogP contribution is -2.55. The summed E-state index contributed by atoms with van der Waals surface area (Å²) in [5, 5.41) is 19.6. The van der Waals surface area contributed by atoms with Crippen molar-refractivity contribution in [3.05, 3.63) is 101 Å². The zero-order valence-electron chi connectivity index (χ0n) is 41.7. The monoisotopic (exact) mass is 983 g/mol. The van der Waals surface area contributed by atoms with Gasteiger partial charge in [0.15, 0.2) is 0 Å². The van der Waals surface area contributed by atoms with E-state index in [1.165, 1.54) is 12.0 Å². The fourth-order valence-electron chi connectivity index (χ4n) is 10.5. The van der Waals surface area contributed by atoms with Crippen molar-refractivity contribution in [3.8, 4) is 28.3 Å². The Balaban J connectivity index is 0.722. The summed E-state index contributed by atoms with van der Waals surface area (Å²) in [6, 6.07) is 23.9. The summed E-state index contributed by atoms with van der Waals surface area (Å²) >= 11 is 1.61. The highest BCUT2D eigenvalue weighted by Gasteiger charge is 2.40. The van der Waals surface area contributed by atoms with Gasteiger partial charge < -0.3 is 40.0 Å². The van der Waals surface area contributed by atoms with Gasteiger partial charge in [-0.2, -0.15) is 5.10 Å². The van der Waals surface area contributed by atoms with Gasteiger partial charge in [0, 0.05) is 49.2 Å². The van der Waals surface area contributed by atoms with Crippen molar-refractivity contribution in [1.82, 2.24) is 40.3 Å². The van der Waals surface area contributed by atoms with Gasteiger partial charge >= 0.3 is 0 Å². The predicted octanol–water partition coefficient (Wildman–Crippen LogP) is 8.90. The van der Waals surface area contributed by atoms with Crippen LogP contribution in [0.3, 0.4) is 0 Å². The van der Waals surface area contributed by atoms with E-state index in [2.05, 4.69) is 73.7 Å². The summed E-state index contributed by atoms with van der Waals surface area (Å²) < 4.78 is 20.5. The smallest absolute Gasteiger partial charge is 0.246 e. The summed E-state index contributed by atoms with van der Waals surface area (Å²) in [5.74, 6) is 2.47. The third kappa shape index (κ3) is 12.2. The average molecular weight is 983 g/mol. The first-order chi connectivity index (χ1) is 34.7. The van der Waals surface area contributed by atoms with Gasteiger partial charge in [-0.05, 0) is 100 Å². The Kier molecular flexibility index (Phi) is 16.9. The number of likely N-dealkylation sites (N-methyl/N-ethyl adjacent to an activating group) is 1. The van der Waals surface area contributed by atoms with Crippen molar-refractivity contribution in [2.75, 3.05) is 64.3 Å². The Morgan fingerprint density at radius 2 is 1.59 bits per heavy atom. The number of ether oxygens (including phenoxy) is 3. The molecule has 71 heavy (non-hydrogen) atoms. The highest BCUT2D eigenvalue weighted by molar-refractivity contribution is 7.10. The Labute approximate surface area is 422 Å². The number of nitrogens with one attached hydrogen (secondary N) is 3. The summed E-state index contributed by atoms with van der Waals surface area (Å²) in [4.78, 5) is 46.2. The SMILES string of the molecule is CN[C@@H](C)C(=O)N[C@H](C(=O)N1CCC[C@H]1c1nc(-c2ccc(OCCOCCOC3CCC(Nc4nccc(-c5cnn(Cc6ccccc6)c5N(C)C)n4)CC3)c3ccccc23)cs1)C1CCCCC1. The van der Waals surface area contributed by atoms with Crippen LogP contribution >= 0.6 is 11.3 Å².